The highest BCUT2D eigenvalue weighted by Gasteiger charge is 2.20. The molecule has 3 rings (SSSR count). The summed E-state index contributed by atoms with van der Waals surface area (Å²) in [5.74, 6) is -0.344. The summed E-state index contributed by atoms with van der Waals surface area (Å²) in [6.45, 7) is 0.431. The van der Waals surface area contributed by atoms with Gasteiger partial charge >= 0.3 is 0 Å². The number of carbonyl (C=O) groups excluding carboxylic acids is 2. The number of benzene rings is 2. The zero-order valence-electron chi connectivity index (χ0n) is 14.2. The third-order valence-corrected chi connectivity index (χ3v) is 3.96. The second-order valence-electron chi connectivity index (χ2n) is 5.92. The standard InChI is InChI=1S/C20H19N3O2/c1-22(13-15-12-21-23(2)14-15)20(25)18-11-7-6-10-17(18)19(24)16-8-4-3-5-9-16/h3-12,14H,13H2,1-2H3. The summed E-state index contributed by atoms with van der Waals surface area (Å²) in [6.07, 6.45) is 3.59. The van der Waals surface area contributed by atoms with Crippen LogP contribution in [0.5, 0.6) is 0 Å². The van der Waals surface area contributed by atoms with Crippen molar-refractivity contribution in [2.24, 2.45) is 7.05 Å². The molecule has 0 atom stereocenters. The number of rotatable bonds is 5. The Labute approximate surface area is 146 Å². The number of hydrogen-bond acceptors (Lipinski definition) is 3. The van der Waals surface area contributed by atoms with Gasteiger partial charge in [-0.3, -0.25) is 14.3 Å². The summed E-state index contributed by atoms with van der Waals surface area (Å²) in [7, 11) is 3.55. The fraction of sp³-hybridized carbons (Fsp3) is 0.150. The van der Waals surface area contributed by atoms with Crippen LogP contribution < -0.4 is 0 Å². The molecule has 5 nitrogen and oxygen atoms in total. The number of nitrogens with zero attached hydrogens (tertiary/aromatic N) is 3. The Bertz CT molecular complexity index is 900. The van der Waals surface area contributed by atoms with E-state index in [2.05, 4.69) is 5.10 Å². The van der Waals surface area contributed by atoms with Crippen molar-refractivity contribution in [2.75, 3.05) is 7.05 Å². The van der Waals surface area contributed by atoms with Gasteiger partial charge in [-0.1, -0.05) is 48.5 Å². The smallest absolute Gasteiger partial charge is 0.254 e. The van der Waals surface area contributed by atoms with Crippen LogP contribution in [0.15, 0.2) is 67.0 Å². The number of aromatic nitrogens is 2. The molecular formula is C20H19N3O2. The van der Waals surface area contributed by atoms with Gasteiger partial charge in [-0.05, 0) is 6.07 Å². The topological polar surface area (TPSA) is 55.2 Å². The first-order chi connectivity index (χ1) is 12.1. The van der Waals surface area contributed by atoms with E-state index >= 15 is 0 Å². The molecule has 1 heterocycles. The molecule has 0 bridgehead atoms. The van der Waals surface area contributed by atoms with Gasteiger partial charge in [0, 0.05) is 43.5 Å². The Balaban J connectivity index is 1.87. The highest BCUT2D eigenvalue weighted by Crippen LogP contribution is 2.17. The average molecular weight is 333 g/mol. The van der Waals surface area contributed by atoms with Gasteiger partial charge in [0.25, 0.3) is 5.91 Å². The van der Waals surface area contributed by atoms with Gasteiger partial charge in [0.1, 0.15) is 0 Å². The van der Waals surface area contributed by atoms with Crippen molar-refractivity contribution in [3.05, 3.63) is 89.2 Å². The molecule has 0 fully saturated rings. The maximum Gasteiger partial charge on any atom is 0.254 e. The third-order valence-electron chi connectivity index (χ3n) is 3.96. The molecule has 0 N–H and O–H groups in total. The monoisotopic (exact) mass is 333 g/mol. The van der Waals surface area contributed by atoms with Crippen molar-refractivity contribution < 1.29 is 9.59 Å². The fourth-order valence-corrected chi connectivity index (χ4v) is 2.72. The zero-order chi connectivity index (χ0) is 17.8. The van der Waals surface area contributed by atoms with Gasteiger partial charge in [-0.25, -0.2) is 0 Å². The molecule has 0 aliphatic rings. The van der Waals surface area contributed by atoms with Crippen LogP contribution in [0.2, 0.25) is 0 Å². The van der Waals surface area contributed by atoms with Crippen molar-refractivity contribution in [1.29, 1.82) is 0 Å². The predicted octanol–water partition coefficient (Wildman–Crippen LogP) is 2.92. The molecule has 0 aliphatic carbocycles. The van der Waals surface area contributed by atoms with Crippen LogP contribution >= 0.6 is 0 Å². The van der Waals surface area contributed by atoms with E-state index in [1.165, 1.54) is 0 Å². The van der Waals surface area contributed by atoms with E-state index in [-0.39, 0.29) is 11.7 Å². The largest absolute Gasteiger partial charge is 0.337 e. The average Bonchev–Trinajstić information content (AvgIpc) is 3.06. The van der Waals surface area contributed by atoms with Crippen LogP contribution in [0.4, 0.5) is 0 Å². The van der Waals surface area contributed by atoms with Crippen molar-refractivity contribution in [2.45, 2.75) is 6.54 Å². The molecule has 0 saturated heterocycles. The molecule has 1 aromatic heterocycles. The molecule has 0 saturated carbocycles. The number of ketones is 1. The van der Waals surface area contributed by atoms with Crippen molar-refractivity contribution >= 4 is 11.7 Å². The van der Waals surface area contributed by atoms with E-state index in [4.69, 9.17) is 0 Å². The van der Waals surface area contributed by atoms with Gasteiger partial charge < -0.3 is 4.90 Å². The first kappa shape index (κ1) is 16.6. The minimum absolute atomic E-state index is 0.153. The lowest BCUT2D eigenvalue weighted by molar-refractivity contribution is 0.0780. The molecule has 0 aliphatic heterocycles. The predicted molar refractivity (Wildman–Crippen MR) is 95.3 cm³/mol. The van der Waals surface area contributed by atoms with Crippen LogP contribution in [-0.4, -0.2) is 33.4 Å². The second kappa shape index (κ2) is 7.13. The first-order valence-corrected chi connectivity index (χ1v) is 7.98. The van der Waals surface area contributed by atoms with E-state index < -0.39 is 0 Å². The molecule has 5 heteroatoms. The molecular weight excluding hydrogens is 314 g/mol. The van der Waals surface area contributed by atoms with Crippen molar-refractivity contribution in [3.8, 4) is 0 Å². The zero-order valence-corrected chi connectivity index (χ0v) is 14.2. The quantitative estimate of drug-likeness (QED) is 0.675. The molecule has 0 spiro atoms. The summed E-state index contributed by atoms with van der Waals surface area (Å²) in [5, 5.41) is 4.11. The van der Waals surface area contributed by atoms with E-state index in [1.807, 2.05) is 31.4 Å². The summed E-state index contributed by atoms with van der Waals surface area (Å²) >= 11 is 0. The van der Waals surface area contributed by atoms with E-state index in [0.717, 1.165) is 5.56 Å². The van der Waals surface area contributed by atoms with Crippen LogP contribution in [0, 0.1) is 0 Å². The normalized spacial score (nSPS) is 10.5. The highest BCUT2D eigenvalue weighted by molar-refractivity contribution is 6.15. The maximum absolute atomic E-state index is 12.9. The van der Waals surface area contributed by atoms with Gasteiger partial charge in [0.15, 0.2) is 5.78 Å². The van der Waals surface area contributed by atoms with Crippen LogP contribution in [0.1, 0.15) is 31.8 Å². The lowest BCUT2D eigenvalue weighted by Gasteiger charge is -2.18. The molecule has 1 amide bonds. The van der Waals surface area contributed by atoms with E-state index in [9.17, 15) is 9.59 Å². The number of carbonyl (C=O) groups is 2. The molecule has 3 aromatic rings. The number of aryl methyl sites for hydroxylation is 1. The first-order valence-electron chi connectivity index (χ1n) is 7.98. The third kappa shape index (κ3) is 3.66. The SMILES string of the molecule is CN(Cc1cnn(C)c1)C(=O)c1ccccc1C(=O)c1ccccc1. The molecule has 25 heavy (non-hydrogen) atoms. The minimum atomic E-state index is -0.191. The second-order valence-corrected chi connectivity index (χ2v) is 5.92. The van der Waals surface area contributed by atoms with Gasteiger partial charge in [-0.2, -0.15) is 5.10 Å². The Hall–Kier alpha value is -3.21. The van der Waals surface area contributed by atoms with Gasteiger partial charge in [0.05, 0.1) is 11.8 Å². The summed E-state index contributed by atoms with van der Waals surface area (Å²) in [5.41, 5.74) is 2.32. The molecule has 126 valence electrons. The maximum atomic E-state index is 12.9. The Morgan fingerprint density at radius 2 is 1.64 bits per heavy atom. The Morgan fingerprint density at radius 1 is 1.00 bits per heavy atom. The van der Waals surface area contributed by atoms with Crippen LogP contribution in [-0.2, 0) is 13.6 Å². The number of amides is 1. The molecule has 0 radical (unpaired) electrons. The summed E-state index contributed by atoms with van der Waals surface area (Å²) < 4.78 is 1.69. The summed E-state index contributed by atoms with van der Waals surface area (Å²) in [6, 6.07) is 15.9. The summed E-state index contributed by atoms with van der Waals surface area (Å²) in [4.78, 5) is 27.2. The van der Waals surface area contributed by atoms with E-state index in [1.54, 1.807) is 59.2 Å². The van der Waals surface area contributed by atoms with E-state index in [0.29, 0.717) is 23.2 Å². The van der Waals surface area contributed by atoms with Crippen LogP contribution in [0.3, 0.4) is 0 Å². The van der Waals surface area contributed by atoms with Crippen molar-refractivity contribution in [1.82, 2.24) is 14.7 Å². The minimum Gasteiger partial charge on any atom is -0.337 e. The Morgan fingerprint density at radius 3 is 2.28 bits per heavy atom. The lowest BCUT2D eigenvalue weighted by atomic mass is 9.97. The number of hydrogen-bond donors (Lipinski definition) is 0. The highest BCUT2D eigenvalue weighted by atomic mass is 16.2. The fourth-order valence-electron chi connectivity index (χ4n) is 2.72. The van der Waals surface area contributed by atoms with Crippen LogP contribution in [0.25, 0.3) is 0 Å². The van der Waals surface area contributed by atoms with Gasteiger partial charge in [0.2, 0.25) is 0 Å². The Kier molecular flexibility index (Phi) is 4.75. The molecule has 0 unspecified atom stereocenters. The molecule has 2 aromatic carbocycles. The van der Waals surface area contributed by atoms with Gasteiger partial charge in [-0.15, -0.1) is 0 Å². The lowest BCUT2D eigenvalue weighted by Crippen LogP contribution is -2.27. The van der Waals surface area contributed by atoms with Crippen molar-refractivity contribution in [3.63, 3.8) is 0 Å².